The molecule has 1 fully saturated rings. The average Bonchev–Trinajstić information content (AvgIpc) is 2.76. The summed E-state index contributed by atoms with van der Waals surface area (Å²) >= 11 is 3.71. The Labute approximate surface area is 184 Å². The zero-order valence-corrected chi connectivity index (χ0v) is 19.3. The minimum absolute atomic E-state index is 0.676. The van der Waals surface area contributed by atoms with E-state index < -0.39 is 0 Å². The summed E-state index contributed by atoms with van der Waals surface area (Å²) in [5.74, 6) is 1.73. The molecule has 0 N–H and O–H groups in total. The summed E-state index contributed by atoms with van der Waals surface area (Å²) in [6.45, 7) is 3.70. The lowest BCUT2D eigenvalue weighted by atomic mass is 9.89. The number of para-hydroxylation sites is 1. The molecule has 2 aliphatic heterocycles. The van der Waals surface area contributed by atoms with E-state index in [1.54, 1.807) is 7.11 Å². The number of halogens is 1. The van der Waals surface area contributed by atoms with Crippen molar-refractivity contribution >= 4 is 21.6 Å². The van der Waals surface area contributed by atoms with Gasteiger partial charge in [0.1, 0.15) is 5.75 Å². The number of hydrogen-bond acceptors (Lipinski definition) is 3. The van der Waals surface area contributed by atoms with Gasteiger partial charge in [-0.25, -0.2) is 0 Å². The second-order valence-electron chi connectivity index (χ2n) is 8.67. The first-order chi connectivity index (χ1) is 14.1. The number of ether oxygens (including phenoxy) is 1. The van der Waals surface area contributed by atoms with Crippen LogP contribution in [0.1, 0.15) is 36.8 Å². The molecular formula is C25H33BrN2O. The molecule has 0 radical (unpaired) electrons. The van der Waals surface area contributed by atoms with Crippen LogP contribution in [0.3, 0.4) is 0 Å². The van der Waals surface area contributed by atoms with Crippen LogP contribution < -0.4 is 9.64 Å². The number of nitrogens with zero attached hydrogens (tertiary/aromatic N) is 2. The molecule has 156 valence electrons. The van der Waals surface area contributed by atoms with E-state index in [-0.39, 0.29) is 0 Å². The Balaban J connectivity index is 1.25. The van der Waals surface area contributed by atoms with E-state index in [1.807, 2.05) is 6.07 Å². The fraction of sp³-hybridized carbons (Fsp3) is 0.520. The third kappa shape index (κ3) is 4.97. The Kier molecular flexibility index (Phi) is 6.81. The lowest BCUT2D eigenvalue weighted by molar-refractivity contribution is 0.177. The largest absolute Gasteiger partial charge is 0.497 e. The number of piperidine rings is 1. The second kappa shape index (κ2) is 9.53. The van der Waals surface area contributed by atoms with E-state index in [0.29, 0.717) is 6.04 Å². The Morgan fingerprint density at radius 3 is 2.66 bits per heavy atom. The summed E-state index contributed by atoms with van der Waals surface area (Å²) in [6, 6.07) is 15.9. The predicted molar refractivity (Wildman–Crippen MR) is 125 cm³/mol. The molecule has 29 heavy (non-hydrogen) atoms. The molecular weight excluding hydrogens is 424 g/mol. The van der Waals surface area contributed by atoms with Gasteiger partial charge in [0.25, 0.3) is 0 Å². The van der Waals surface area contributed by atoms with Crippen molar-refractivity contribution in [3.8, 4) is 5.75 Å². The number of methoxy groups -OCH3 is 1. The fourth-order valence-corrected chi connectivity index (χ4v) is 5.42. The maximum Gasteiger partial charge on any atom is 0.119 e. The van der Waals surface area contributed by atoms with Crippen molar-refractivity contribution in [1.29, 1.82) is 0 Å². The number of fused-ring (bicyclic) bond motifs is 1. The van der Waals surface area contributed by atoms with Crippen LogP contribution in [-0.4, -0.2) is 44.7 Å². The highest BCUT2D eigenvalue weighted by Gasteiger charge is 2.25. The van der Waals surface area contributed by atoms with Crippen molar-refractivity contribution in [2.45, 2.75) is 44.6 Å². The molecule has 4 heteroatoms. The van der Waals surface area contributed by atoms with Crippen LogP contribution in [0.5, 0.6) is 5.75 Å². The lowest BCUT2D eigenvalue weighted by Gasteiger charge is -2.38. The first kappa shape index (κ1) is 20.7. The van der Waals surface area contributed by atoms with Gasteiger partial charge in [-0.05, 0) is 92.9 Å². The van der Waals surface area contributed by atoms with E-state index in [1.165, 1.54) is 73.0 Å². The lowest BCUT2D eigenvalue weighted by Crippen LogP contribution is -2.41. The summed E-state index contributed by atoms with van der Waals surface area (Å²) in [6.07, 6.45) is 7.53. The molecule has 0 aliphatic carbocycles. The molecule has 0 spiro atoms. The van der Waals surface area contributed by atoms with Gasteiger partial charge >= 0.3 is 0 Å². The van der Waals surface area contributed by atoms with E-state index >= 15 is 0 Å². The molecule has 2 heterocycles. The van der Waals surface area contributed by atoms with Crippen LogP contribution in [0.25, 0.3) is 0 Å². The van der Waals surface area contributed by atoms with Crippen LogP contribution in [-0.2, 0) is 12.8 Å². The molecule has 2 aromatic carbocycles. The summed E-state index contributed by atoms with van der Waals surface area (Å²) in [4.78, 5) is 5.21. The Morgan fingerprint density at radius 1 is 1.07 bits per heavy atom. The van der Waals surface area contributed by atoms with Gasteiger partial charge < -0.3 is 14.5 Å². The van der Waals surface area contributed by atoms with Crippen LogP contribution >= 0.6 is 15.9 Å². The van der Waals surface area contributed by atoms with Gasteiger partial charge in [-0.1, -0.05) is 34.1 Å². The number of rotatable bonds is 6. The van der Waals surface area contributed by atoms with E-state index in [2.05, 4.69) is 69.2 Å². The zero-order chi connectivity index (χ0) is 20.2. The smallest absolute Gasteiger partial charge is 0.119 e. The summed E-state index contributed by atoms with van der Waals surface area (Å²) < 4.78 is 6.61. The Morgan fingerprint density at radius 2 is 1.86 bits per heavy atom. The van der Waals surface area contributed by atoms with Gasteiger partial charge in [0, 0.05) is 29.8 Å². The fourth-order valence-electron chi connectivity index (χ4n) is 5.01. The van der Waals surface area contributed by atoms with E-state index in [9.17, 15) is 0 Å². The standard InChI is InChI=1S/C25H33BrN2O/c1-27-22(8-7-20-5-3-4-6-25(20)27)13-16-28-14-11-19(12-15-28)17-21-18-23(29-2)9-10-24(21)26/h3-6,9-10,18-19,22H,7-8,11-17H2,1-2H3. The molecule has 0 bridgehead atoms. The SMILES string of the molecule is COc1ccc(Br)c(CC2CCN(CCC3CCc4ccccc4N3C)CC2)c1. The van der Waals surface area contributed by atoms with Crippen LogP contribution in [0.2, 0.25) is 0 Å². The van der Waals surface area contributed by atoms with Crippen molar-refractivity contribution in [3.05, 3.63) is 58.1 Å². The summed E-state index contributed by atoms with van der Waals surface area (Å²) in [5, 5.41) is 0. The van der Waals surface area contributed by atoms with Crippen molar-refractivity contribution < 1.29 is 4.74 Å². The molecule has 1 unspecified atom stereocenters. The van der Waals surface area contributed by atoms with Gasteiger partial charge in [0.2, 0.25) is 0 Å². The van der Waals surface area contributed by atoms with Gasteiger partial charge in [-0.15, -0.1) is 0 Å². The van der Waals surface area contributed by atoms with Gasteiger partial charge in [-0.3, -0.25) is 0 Å². The Bertz CT molecular complexity index is 816. The molecule has 4 rings (SSSR count). The molecule has 2 aliphatic rings. The zero-order valence-electron chi connectivity index (χ0n) is 17.7. The monoisotopic (exact) mass is 456 g/mol. The first-order valence-electron chi connectivity index (χ1n) is 11.0. The quantitative estimate of drug-likeness (QED) is 0.566. The highest BCUT2D eigenvalue weighted by molar-refractivity contribution is 9.10. The molecule has 1 saturated heterocycles. The van der Waals surface area contributed by atoms with Gasteiger partial charge in [0.15, 0.2) is 0 Å². The first-order valence-corrected chi connectivity index (χ1v) is 11.8. The normalized spacial score (nSPS) is 20.5. The third-order valence-corrected chi connectivity index (χ3v) is 7.69. The molecule has 0 amide bonds. The minimum atomic E-state index is 0.676. The van der Waals surface area contributed by atoms with Crippen LogP contribution in [0, 0.1) is 5.92 Å². The minimum Gasteiger partial charge on any atom is -0.497 e. The molecule has 0 saturated carbocycles. The maximum absolute atomic E-state index is 5.40. The topological polar surface area (TPSA) is 15.7 Å². The van der Waals surface area contributed by atoms with Crippen molar-refractivity contribution in [2.24, 2.45) is 5.92 Å². The second-order valence-corrected chi connectivity index (χ2v) is 9.52. The van der Waals surface area contributed by atoms with E-state index in [0.717, 1.165) is 18.1 Å². The molecule has 0 aromatic heterocycles. The number of benzene rings is 2. The summed E-state index contributed by atoms with van der Waals surface area (Å²) in [7, 11) is 4.02. The number of anilines is 1. The van der Waals surface area contributed by atoms with Crippen molar-refractivity contribution in [1.82, 2.24) is 4.90 Å². The van der Waals surface area contributed by atoms with Crippen molar-refractivity contribution in [3.63, 3.8) is 0 Å². The van der Waals surface area contributed by atoms with Gasteiger partial charge in [-0.2, -0.15) is 0 Å². The molecule has 3 nitrogen and oxygen atoms in total. The van der Waals surface area contributed by atoms with Crippen LogP contribution in [0.4, 0.5) is 5.69 Å². The van der Waals surface area contributed by atoms with Crippen molar-refractivity contribution in [2.75, 3.05) is 38.7 Å². The van der Waals surface area contributed by atoms with E-state index in [4.69, 9.17) is 4.74 Å². The number of hydrogen-bond donors (Lipinski definition) is 0. The average molecular weight is 457 g/mol. The maximum atomic E-state index is 5.40. The number of aryl methyl sites for hydroxylation is 1. The summed E-state index contributed by atoms with van der Waals surface area (Å²) in [5.41, 5.74) is 4.33. The van der Waals surface area contributed by atoms with Gasteiger partial charge in [0.05, 0.1) is 7.11 Å². The van der Waals surface area contributed by atoms with Crippen LogP contribution in [0.15, 0.2) is 46.9 Å². The molecule has 1 atom stereocenters. The highest BCUT2D eigenvalue weighted by Crippen LogP contribution is 2.31. The third-order valence-electron chi connectivity index (χ3n) is 6.91. The highest BCUT2D eigenvalue weighted by atomic mass is 79.9. The number of likely N-dealkylation sites (tertiary alicyclic amines) is 1. The predicted octanol–water partition coefficient (Wildman–Crippen LogP) is 5.55. The Hall–Kier alpha value is -1.52. The molecule has 2 aromatic rings.